The topological polar surface area (TPSA) is 83.7 Å². The van der Waals surface area contributed by atoms with Gasteiger partial charge in [0.15, 0.2) is 0 Å². The van der Waals surface area contributed by atoms with Crippen LogP contribution in [0.3, 0.4) is 0 Å². The van der Waals surface area contributed by atoms with Crippen LogP contribution in [0.1, 0.15) is 18.4 Å². The molecule has 7 nitrogen and oxygen atoms in total. The van der Waals surface area contributed by atoms with Crippen molar-refractivity contribution in [2.45, 2.75) is 31.4 Å². The summed E-state index contributed by atoms with van der Waals surface area (Å²) in [5.74, 6) is 0.534. The smallest absolute Gasteiger partial charge is 0.243 e. The molecule has 32 heavy (non-hydrogen) atoms. The van der Waals surface area contributed by atoms with Crippen LogP contribution in [-0.4, -0.2) is 60.7 Å². The number of nitrogens with zero attached hydrogens (tertiary/aromatic N) is 1. The number of likely N-dealkylation sites (tertiary alicyclic amines) is 1. The number of aromatic amines is 1. The van der Waals surface area contributed by atoms with Crippen molar-refractivity contribution in [2.24, 2.45) is 0 Å². The summed E-state index contributed by atoms with van der Waals surface area (Å²) in [5, 5.41) is 4.00. The fraction of sp³-hybridized carbons (Fsp3) is 0.360. The highest BCUT2D eigenvalue weighted by Gasteiger charge is 2.40. The van der Waals surface area contributed by atoms with E-state index in [0.717, 1.165) is 22.2 Å². The maximum atomic E-state index is 13.2. The highest BCUT2D eigenvalue weighted by atomic mass is 16.5. The summed E-state index contributed by atoms with van der Waals surface area (Å²) in [6, 6.07) is 17.0. The summed E-state index contributed by atoms with van der Waals surface area (Å²) < 4.78 is 11.1. The SMILES string of the molecule is COCCNC(=O)C1CC(Oc2ccccc2)CN1C(=O)CCc1c[nH]c2ccccc12. The van der Waals surface area contributed by atoms with Gasteiger partial charge >= 0.3 is 0 Å². The van der Waals surface area contributed by atoms with Crippen LogP contribution in [0.25, 0.3) is 10.9 Å². The highest BCUT2D eigenvalue weighted by Crippen LogP contribution is 2.25. The first-order valence-electron chi connectivity index (χ1n) is 11.0. The van der Waals surface area contributed by atoms with Crippen LogP contribution >= 0.6 is 0 Å². The van der Waals surface area contributed by atoms with Crippen molar-refractivity contribution >= 4 is 22.7 Å². The molecule has 2 heterocycles. The van der Waals surface area contributed by atoms with Crippen molar-refractivity contribution < 1.29 is 19.1 Å². The van der Waals surface area contributed by atoms with E-state index in [2.05, 4.69) is 16.4 Å². The molecule has 7 heteroatoms. The van der Waals surface area contributed by atoms with Crippen LogP contribution in [0, 0.1) is 0 Å². The minimum Gasteiger partial charge on any atom is -0.488 e. The fourth-order valence-corrected chi connectivity index (χ4v) is 4.22. The summed E-state index contributed by atoms with van der Waals surface area (Å²) in [6.45, 7) is 1.23. The number of H-pyrrole nitrogens is 1. The van der Waals surface area contributed by atoms with Crippen LogP contribution < -0.4 is 10.1 Å². The maximum Gasteiger partial charge on any atom is 0.243 e. The van der Waals surface area contributed by atoms with E-state index < -0.39 is 6.04 Å². The number of para-hydroxylation sites is 2. The number of carbonyl (C=O) groups is 2. The quantitative estimate of drug-likeness (QED) is 0.506. The number of fused-ring (bicyclic) bond motifs is 1. The minimum absolute atomic E-state index is 0.0404. The zero-order chi connectivity index (χ0) is 22.3. The highest BCUT2D eigenvalue weighted by molar-refractivity contribution is 5.89. The Morgan fingerprint density at radius 2 is 1.91 bits per heavy atom. The Hall–Kier alpha value is -3.32. The molecule has 0 aliphatic carbocycles. The Morgan fingerprint density at radius 1 is 1.12 bits per heavy atom. The van der Waals surface area contributed by atoms with Crippen molar-refractivity contribution in [1.82, 2.24) is 15.2 Å². The third-order valence-corrected chi connectivity index (χ3v) is 5.82. The Balaban J connectivity index is 1.43. The molecule has 2 amide bonds. The van der Waals surface area contributed by atoms with Gasteiger partial charge in [-0.3, -0.25) is 9.59 Å². The number of amides is 2. The number of aryl methyl sites for hydroxylation is 1. The molecule has 1 aromatic heterocycles. The van der Waals surface area contributed by atoms with Crippen molar-refractivity contribution in [3.8, 4) is 5.75 Å². The summed E-state index contributed by atoms with van der Waals surface area (Å²) >= 11 is 0. The minimum atomic E-state index is -0.545. The monoisotopic (exact) mass is 435 g/mol. The number of carbonyl (C=O) groups excluding carboxylic acids is 2. The Kier molecular flexibility index (Phi) is 7.07. The molecular weight excluding hydrogens is 406 g/mol. The number of benzene rings is 2. The molecule has 2 atom stereocenters. The second-order valence-corrected chi connectivity index (χ2v) is 7.99. The first kappa shape index (κ1) is 21.9. The predicted octanol–water partition coefficient (Wildman–Crippen LogP) is 2.91. The second-order valence-electron chi connectivity index (χ2n) is 7.99. The van der Waals surface area contributed by atoms with E-state index in [4.69, 9.17) is 9.47 Å². The maximum absolute atomic E-state index is 13.2. The Labute approximate surface area is 187 Å². The molecule has 3 aromatic rings. The lowest BCUT2D eigenvalue weighted by atomic mass is 10.1. The van der Waals surface area contributed by atoms with Gasteiger partial charge in [0.1, 0.15) is 17.9 Å². The van der Waals surface area contributed by atoms with Crippen LogP contribution in [0.5, 0.6) is 5.75 Å². The van der Waals surface area contributed by atoms with Gasteiger partial charge in [0.25, 0.3) is 0 Å². The molecule has 0 radical (unpaired) electrons. The molecule has 4 rings (SSSR count). The molecule has 0 saturated carbocycles. The molecule has 1 saturated heterocycles. The number of aromatic nitrogens is 1. The predicted molar refractivity (Wildman–Crippen MR) is 122 cm³/mol. The van der Waals surface area contributed by atoms with Gasteiger partial charge in [-0.25, -0.2) is 0 Å². The molecule has 1 aliphatic rings. The average molecular weight is 436 g/mol. The summed E-state index contributed by atoms with van der Waals surface area (Å²) in [5.41, 5.74) is 2.16. The number of hydrogen-bond acceptors (Lipinski definition) is 4. The zero-order valence-corrected chi connectivity index (χ0v) is 18.3. The van der Waals surface area contributed by atoms with E-state index in [1.165, 1.54) is 0 Å². The lowest BCUT2D eigenvalue weighted by molar-refractivity contribution is -0.138. The van der Waals surface area contributed by atoms with Crippen LogP contribution in [0.2, 0.25) is 0 Å². The first-order chi connectivity index (χ1) is 15.7. The van der Waals surface area contributed by atoms with Crippen LogP contribution in [0.4, 0.5) is 0 Å². The molecule has 0 bridgehead atoms. The average Bonchev–Trinajstić information content (AvgIpc) is 3.43. The Bertz CT molecular complexity index is 1050. The van der Waals surface area contributed by atoms with Crippen LogP contribution in [0.15, 0.2) is 60.8 Å². The van der Waals surface area contributed by atoms with Gasteiger partial charge in [-0.1, -0.05) is 36.4 Å². The van der Waals surface area contributed by atoms with Crippen LogP contribution in [-0.2, 0) is 20.7 Å². The third kappa shape index (κ3) is 5.11. The third-order valence-electron chi connectivity index (χ3n) is 5.82. The van der Waals surface area contributed by atoms with E-state index in [9.17, 15) is 9.59 Å². The van der Waals surface area contributed by atoms with Gasteiger partial charge in [-0.05, 0) is 30.2 Å². The summed E-state index contributed by atoms with van der Waals surface area (Å²) in [4.78, 5) is 30.9. The number of nitrogens with one attached hydrogen (secondary N) is 2. The van der Waals surface area contributed by atoms with Crippen molar-refractivity contribution in [2.75, 3.05) is 26.8 Å². The number of methoxy groups -OCH3 is 1. The first-order valence-corrected chi connectivity index (χ1v) is 11.0. The van der Waals surface area contributed by atoms with Gasteiger partial charge in [-0.15, -0.1) is 0 Å². The normalized spacial score (nSPS) is 18.1. The lowest BCUT2D eigenvalue weighted by Crippen LogP contribution is -2.46. The molecule has 2 N–H and O–H groups in total. The van der Waals surface area contributed by atoms with Crippen molar-refractivity contribution in [3.63, 3.8) is 0 Å². The van der Waals surface area contributed by atoms with Gasteiger partial charge in [-0.2, -0.15) is 0 Å². The zero-order valence-electron chi connectivity index (χ0n) is 18.3. The number of rotatable bonds is 9. The number of hydrogen-bond donors (Lipinski definition) is 2. The molecular formula is C25H29N3O4. The molecule has 168 valence electrons. The van der Waals surface area contributed by atoms with E-state index in [1.54, 1.807) is 12.0 Å². The standard InChI is InChI=1S/C25H29N3O4/c1-31-14-13-26-25(30)23-15-20(32-19-7-3-2-4-8-19)17-28(23)24(29)12-11-18-16-27-22-10-6-5-9-21(18)22/h2-10,16,20,23,27H,11-15,17H2,1H3,(H,26,30). The number of ether oxygens (including phenoxy) is 2. The van der Waals surface area contributed by atoms with Gasteiger partial charge in [0.05, 0.1) is 13.2 Å². The second kappa shape index (κ2) is 10.3. The van der Waals surface area contributed by atoms with E-state index in [0.29, 0.717) is 39.0 Å². The van der Waals surface area contributed by atoms with Gasteiger partial charge in [0.2, 0.25) is 11.8 Å². The molecule has 2 aromatic carbocycles. The van der Waals surface area contributed by atoms with E-state index >= 15 is 0 Å². The molecule has 0 spiro atoms. The summed E-state index contributed by atoms with van der Waals surface area (Å²) in [7, 11) is 1.59. The van der Waals surface area contributed by atoms with Gasteiger partial charge in [0, 0.05) is 43.6 Å². The van der Waals surface area contributed by atoms with Gasteiger partial charge < -0.3 is 24.7 Å². The summed E-state index contributed by atoms with van der Waals surface area (Å²) in [6.07, 6.45) is 3.14. The van der Waals surface area contributed by atoms with E-state index in [1.807, 2.05) is 54.7 Å². The molecule has 1 aliphatic heterocycles. The molecule has 2 unspecified atom stereocenters. The van der Waals surface area contributed by atoms with E-state index in [-0.39, 0.29) is 17.9 Å². The van der Waals surface area contributed by atoms with Crippen molar-refractivity contribution in [3.05, 3.63) is 66.4 Å². The van der Waals surface area contributed by atoms with Crippen molar-refractivity contribution in [1.29, 1.82) is 0 Å². The fourth-order valence-electron chi connectivity index (χ4n) is 4.22. The lowest BCUT2D eigenvalue weighted by Gasteiger charge is -2.23. The Morgan fingerprint density at radius 3 is 2.72 bits per heavy atom. The largest absolute Gasteiger partial charge is 0.488 e. The molecule has 1 fully saturated rings.